The topological polar surface area (TPSA) is 69.7 Å². The lowest BCUT2D eigenvalue weighted by Gasteiger charge is -2.46. The third-order valence-corrected chi connectivity index (χ3v) is 8.30. The van der Waals surface area contributed by atoms with E-state index in [0.29, 0.717) is 23.7 Å². The highest BCUT2D eigenvalue weighted by atomic mass is 35.5. The van der Waals surface area contributed by atoms with Crippen molar-refractivity contribution in [1.82, 2.24) is 10.2 Å². The SMILES string of the molecule is O=C(Cc1ccc(N2C(=O)C3CCCCC3N(Cc3ccccc3Cl)C2=O)cc1)NC1CCCCC1. The molecule has 6 nitrogen and oxygen atoms in total. The van der Waals surface area contributed by atoms with Crippen LogP contribution < -0.4 is 10.2 Å². The zero-order valence-electron chi connectivity index (χ0n) is 20.6. The minimum atomic E-state index is -0.300. The van der Waals surface area contributed by atoms with Gasteiger partial charge in [0.1, 0.15) is 0 Å². The summed E-state index contributed by atoms with van der Waals surface area (Å²) in [5.74, 6) is -0.307. The zero-order chi connectivity index (χ0) is 25.1. The first-order valence-electron chi connectivity index (χ1n) is 13.3. The number of nitrogens with zero attached hydrogens (tertiary/aromatic N) is 2. The average Bonchev–Trinajstić information content (AvgIpc) is 2.89. The third kappa shape index (κ3) is 5.29. The second kappa shape index (κ2) is 11.0. The molecule has 1 saturated heterocycles. The Labute approximate surface area is 218 Å². The van der Waals surface area contributed by atoms with Gasteiger partial charge in [0.15, 0.2) is 0 Å². The van der Waals surface area contributed by atoms with Gasteiger partial charge in [-0.15, -0.1) is 0 Å². The van der Waals surface area contributed by atoms with Gasteiger partial charge in [-0.25, -0.2) is 9.69 Å². The van der Waals surface area contributed by atoms with Gasteiger partial charge >= 0.3 is 6.03 Å². The Bertz CT molecular complexity index is 1110. The Kier molecular flexibility index (Phi) is 7.61. The Balaban J connectivity index is 1.33. The Morgan fingerprint density at radius 3 is 2.33 bits per heavy atom. The molecule has 0 bridgehead atoms. The number of fused-ring (bicyclic) bond motifs is 1. The second-order valence-electron chi connectivity index (χ2n) is 10.4. The van der Waals surface area contributed by atoms with Gasteiger partial charge in [0.2, 0.25) is 11.8 Å². The lowest BCUT2D eigenvalue weighted by atomic mass is 9.81. The molecule has 36 heavy (non-hydrogen) atoms. The number of hydrogen-bond acceptors (Lipinski definition) is 3. The van der Waals surface area contributed by atoms with Crippen molar-refractivity contribution in [1.29, 1.82) is 0 Å². The third-order valence-electron chi connectivity index (χ3n) is 7.93. The standard InChI is InChI=1S/C29H34ClN3O3/c30-25-12-6-4-8-21(25)19-32-26-13-7-5-11-24(26)28(35)33(29(32)36)23-16-14-20(15-17-23)18-27(34)31-22-9-2-1-3-10-22/h4,6,8,12,14-17,22,24,26H,1-3,5,7,9-11,13,18-19H2,(H,31,34). The van der Waals surface area contributed by atoms with Crippen LogP contribution >= 0.6 is 11.6 Å². The van der Waals surface area contributed by atoms with Gasteiger partial charge < -0.3 is 10.2 Å². The van der Waals surface area contributed by atoms with Crippen LogP contribution in [0.2, 0.25) is 5.02 Å². The number of hydrogen-bond donors (Lipinski definition) is 1. The van der Waals surface area contributed by atoms with Crippen LogP contribution in [0, 0.1) is 5.92 Å². The number of anilines is 1. The Hall–Kier alpha value is -2.86. The number of carbonyl (C=O) groups is 3. The monoisotopic (exact) mass is 507 g/mol. The number of amides is 4. The molecule has 2 atom stereocenters. The number of halogens is 1. The first-order chi connectivity index (χ1) is 17.5. The van der Waals surface area contributed by atoms with E-state index >= 15 is 0 Å². The van der Waals surface area contributed by atoms with Crippen LogP contribution in [-0.2, 0) is 22.6 Å². The van der Waals surface area contributed by atoms with E-state index in [1.165, 1.54) is 24.2 Å². The van der Waals surface area contributed by atoms with Crippen molar-refractivity contribution in [3.05, 3.63) is 64.7 Å². The summed E-state index contributed by atoms with van der Waals surface area (Å²) in [5.41, 5.74) is 2.30. The van der Waals surface area contributed by atoms with E-state index < -0.39 is 0 Å². The molecule has 0 aromatic heterocycles. The summed E-state index contributed by atoms with van der Waals surface area (Å²) < 4.78 is 0. The highest BCUT2D eigenvalue weighted by molar-refractivity contribution is 6.31. The van der Waals surface area contributed by atoms with Gasteiger partial charge in [-0.1, -0.05) is 74.0 Å². The van der Waals surface area contributed by atoms with E-state index in [1.54, 1.807) is 12.1 Å². The molecule has 2 aliphatic carbocycles. The molecule has 2 unspecified atom stereocenters. The lowest BCUT2D eigenvalue weighted by molar-refractivity contribution is -0.127. The van der Waals surface area contributed by atoms with Crippen molar-refractivity contribution in [2.45, 2.75) is 82.8 Å². The van der Waals surface area contributed by atoms with Crippen LogP contribution in [0.5, 0.6) is 0 Å². The molecule has 0 spiro atoms. The number of urea groups is 1. The van der Waals surface area contributed by atoms with E-state index in [9.17, 15) is 14.4 Å². The number of carbonyl (C=O) groups excluding carboxylic acids is 3. The van der Waals surface area contributed by atoms with Crippen molar-refractivity contribution in [2.24, 2.45) is 5.92 Å². The first-order valence-corrected chi connectivity index (χ1v) is 13.7. The fourth-order valence-corrected chi connectivity index (χ4v) is 6.20. The van der Waals surface area contributed by atoms with Crippen LogP contribution in [-0.4, -0.2) is 34.8 Å². The van der Waals surface area contributed by atoms with Crippen molar-refractivity contribution < 1.29 is 14.4 Å². The van der Waals surface area contributed by atoms with Crippen LogP contribution in [0.15, 0.2) is 48.5 Å². The molecule has 2 saturated carbocycles. The molecule has 0 radical (unpaired) electrons. The van der Waals surface area contributed by atoms with E-state index in [4.69, 9.17) is 11.6 Å². The summed E-state index contributed by atoms with van der Waals surface area (Å²) in [7, 11) is 0. The summed E-state index contributed by atoms with van der Waals surface area (Å²) in [6.45, 7) is 0.378. The van der Waals surface area contributed by atoms with Crippen molar-refractivity contribution in [2.75, 3.05) is 4.90 Å². The van der Waals surface area contributed by atoms with E-state index in [1.807, 2.05) is 41.3 Å². The van der Waals surface area contributed by atoms with Crippen LogP contribution in [0.4, 0.5) is 10.5 Å². The highest BCUT2D eigenvalue weighted by Gasteiger charge is 2.47. The molecule has 2 aromatic carbocycles. The maximum absolute atomic E-state index is 13.7. The van der Waals surface area contributed by atoms with Gasteiger partial charge in [-0.3, -0.25) is 9.59 Å². The van der Waals surface area contributed by atoms with Crippen molar-refractivity contribution >= 4 is 35.1 Å². The zero-order valence-corrected chi connectivity index (χ0v) is 21.4. The summed E-state index contributed by atoms with van der Waals surface area (Å²) in [5, 5.41) is 3.77. The smallest absolute Gasteiger partial charge is 0.331 e. The van der Waals surface area contributed by atoms with Gasteiger partial charge in [0.05, 0.1) is 18.0 Å². The summed E-state index contributed by atoms with van der Waals surface area (Å²) in [4.78, 5) is 42.9. The van der Waals surface area contributed by atoms with Gasteiger partial charge in [-0.2, -0.15) is 0 Å². The normalized spacial score (nSPS) is 22.9. The fraction of sp³-hybridized carbons (Fsp3) is 0.483. The highest BCUT2D eigenvalue weighted by Crippen LogP contribution is 2.38. The van der Waals surface area contributed by atoms with Crippen molar-refractivity contribution in [3.63, 3.8) is 0 Å². The summed E-state index contributed by atoms with van der Waals surface area (Å²) >= 11 is 6.42. The lowest BCUT2D eigenvalue weighted by Crippen LogP contribution is -2.62. The quantitative estimate of drug-likeness (QED) is 0.532. The van der Waals surface area contributed by atoms with E-state index in [2.05, 4.69) is 5.32 Å². The van der Waals surface area contributed by atoms with Gasteiger partial charge in [0, 0.05) is 23.7 Å². The predicted molar refractivity (Wildman–Crippen MR) is 141 cm³/mol. The fourth-order valence-electron chi connectivity index (χ4n) is 6.01. The number of imide groups is 1. The molecule has 3 aliphatic rings. The van der Waals surface area contributed by atoms with Gasteiger partial charge in [0.25, 0.3) is 0 Å². The average molecular weight is 508 g/mol. The maximum atomic E-state index is 13.7. The molecule has 3 fully saturated rings. The van der Waals surface area contributed by atoms with E-state index in [0.717, 1.165) is 49.7 Å². The summed E-state index contributed by atoms with van der Waals surface area (Å²) in [6.07, 6.45) is 9.61. The Morgan fingerprint density at radius 1 is 0.889 bits per heavy atom. The van der Waals surface area contributed by atoms with Crippen molar-refractivity contribution in [3.8, 4) is 0 Å². The molecule has 5 rings (SSSR count). The molecule has 7 heteroatoms. The molecule has 190 valence electrons. The van der Waals surface area contributed by atoms with Crippen LogP contribution in [0.25, 0.3) is 0 Å². The van der Waals surface area contributed by atoms with E-state index in [-0.39, 0.29) is 35.8 Å². The molecular weight excluding hydrogens is 474 g/mol. The predicted octanol–water partition coefficient (Wildman–Crippen LogP) is 5.86. The first kappa shape index (κ1) is 24.8. The minimum Gasteiger partial charge on any atom is -0.353 e. The Morgan fingerprint density at radius 2 is 1.58 bits per heavy atom. The molecule has 1 aliphatic heterocycles. The minimum absolute atomic E-state index is 0.0238. The van der Waals surface area contributed by atoms with Crippen LogP contribution in [0.1, 0.15) is 68.9 Å². The largest absolute Gasteiger partial charge is 0.353 e. The molecule has 1 heterocycles. The number of nitrogens with one attached hydrogen (secondary N) is 1. The maximum Gasteiger partial charge on any atom is 0.331 e. The van der Waals surface area contributed by atoms with Gasteiger partial charge in [-0.05, 0) is 55.0 Å². The molecule has 4 amide bonds. The van der Waals surface area contributed by atoms with Crippen LogP contribution in [0.3, 0.4) is 0 Å². The molecule has 1 N–H and O–H groups in total. The molecule has 2 aromatic rings. The second-order valence-corrected chi connectivity index (χ2v) is 10.8. The number of benzene rings is 2. The molecular formula is C29H34ClN3O3. The number of rotatable bonds is 6. The summed E-state index contributed by atoms with van der Waals surface area (Å²) in [6, 6.07) is 14.7.